The third-order valence-electron chi connectivity index (χ3n) is 3.17. The highest BCUT2D eigenvalue weighted by atomic mass is 16.5. The molecule has 0 atom stereocenters. The number of anilines is 1. The van der Waals surface area contributed by atoms with Gasteiger partial charge in [-0.15, -0.1) is 0 Å². The molecule has 1 aromatic heterocycles. The van der Waals surface area contributed by atoms with Crippen LogP contribution in [-0.4, -0.2) is 29.5 Å². The Morgan fingerprint density at radius 2 is 2.14 bits per heavy atom. The van der Waals surface area contributed by atoms with E-state index in [1.807, 2.05) is 24.3 Å². The number of aromatic nitrogens is 2. The molecule has 0 aliphatic heterocycles. The minimum Gasteiger partial charge on any atom is -0.493 e. The molecule has 2 rings (SSSR count). The standard InChI is InChI=1S/C16H20N4O2/c1-3-4-9-22-13-8-6-5-7-11(13)15-19-10-12(14(17)20-15)16(21)18-2/h5-8,10H,3-4,9H2,1-2H3,(H,18,21)(H2,17,19,20). The van der Waals surface area contributed by atoms with E-state index in [0.29, 0.717) is 18.2 Å². The zero-order chi connectivity index (χ0) is 15.9. The summed E-state index contributed by atoms with van der Waals surface area (Å²) in [5.74, 6) is 0.990. The fourth-order valence-corrected chi connectivity index (χ4v) is 1.94. The van der Waals surface area contributed by atoms with Crippen LogP contribution in [-0.2, 0) is 0 Å². The maximum atomic E-state index is 11.6. The summed E-state index contributed by atoms with van der Waals surface area (Å²) in [6.07, 6.45) is 3.47. The van der Waals surface area contributed by atoms with Crippen molar-refractivity contribution >= 4 is 11.7 Å². The number of unbranched alkanes of at least 4 members (excludes halogenated alkanes) is 1. The molecule has 1 aromatic carbocycles. The topological polar surface area (TPSA) is 90.1 Å². The van der Waals surface area contributed by atoms with E-state index in [1.165, 1.54) is 13.2 Å². The quantitative estimate of drug-likeness (QED) is 0.799. The molecule has 0 saturated carbocycles. The first-order valence-corrected chi connectivity index (χ1v) is 7.24. The lowest BCUT2D eigenvalue weighted by atomic mass is 10.1. The minimum atomic E-state index is -0.309. The molecule has 116 valence electrons. The Labute approximate surface area is 129 Å². The number of carbonyl (C=O) groups excluding carboxylic acids is 1. The van der Waals surface area contributed by atoms with Crippen LogP contribution in [0.25, 0.3) is 11.4 Å². The van der Waals surface area contributed by atoms with Gasteiger partial charge in [0.15, 0.2) is 5.82 Å². The number of carbonyl (C=O) groups is 1. The van der Waals surface area contributed by atoms with Crippen LogP contribution in [0.5, 0.6) is 5.75 Å². The molecule has 1 heterocycles. The highest BCUT2D eigenvalue weighted by Gasteiger charge is 2.14. The first kappa shape index (κ1) is 15.8. The first-order chi connectivity index (χ1) is 10.7. The number of ether oxygens (including phenoxy) is 1. The Morgan fingerprint density at radius 1 is 1.36 bits per heavy atom. The molecule has 0 saturated heterocycles. The molecule has 0 fully saturated rings. The average molecular weight is 300 g/mol. The van der Waals surface area contributed by atoms with Crippen molar-refractivity contribution in [2.75, 3.05) is 19.4 Å². The third-order valence-corrected chi connectivity index (χ3v) is 3.17. The summed E-state index contributed by atoms with van der Waals surface area (Å²) in [6, 6.07) is 7.52. The molecule has 0 spiro atoms. The van der Waals surface area contributed by atoms with E-state index in [4.69, 9.17) is 10.5 Å². The summed E-state index contributed by atoms with van der Waals surface area (Å²) >= 11 is 0. The fourth-order valence-electron chi connectivity index (χ4n) is 1.94. The van der Waals surface area contributed by atoms with Crippen LogP contribution in [0, 0.1) is 0 Å². The number of amides is 1. The zero-order valence-electron chi connectivity index (χ0n) is 12.8. The van der Waals surface area contributed by atoms with E-state index in [0.717, 1.165) is 18.4 Å². The number of hydrogen-bond donors (Lipinski definition) is 2. The number of hydrogen-bond acceptors (Lipinski definition) is 5. The van der Waals surface area contributed by atoms with Crippen molar-refractivity contribution in [2.45, 2.75) is 19.8 Å². The van der Waals surface area contributed by atoms with Crippen LogP contribution in [0.15, 0.2) is 30.5 Å². The maximum absolute atomic E-state index is 11.6. The molecule has 0 aliphatic rings. The van der Waals surface area contributed by atoms with E-state index in [-0.39, 0.29) is 17.3 Å². The summed E-state index contributed by atoms with van der Waals surface area (Å²) in [5.41, 5.74) is 6.87. The number of benzene rings is 1. The van der Waals surface area contributed by atoms with E-state index in [9.17, 15) is 4.79 Å². The second-order valence-electron chi connectivity index (χ2n) is 4.77. The Balaban J connectivity index is 2.32. The van der Waals surface area contributed by atoms with Gasteiger partial charge in [0.25, 0.3) is 5.91 Å². The second kappa shape index (κ2) is 7.40. The SMILES string of the molecule is CCCCOc1ccccc1-c1ncc(C(=O)NC)c(N)n1. The smallest absolute Gasteiger partial charge is 0.256 e. The van der Waals surface area contributed by atoms with Gasteiger partial charge in [0.05, 0.1) is 17.7 Å². The van der Waals surface area contributed by atoms with Crippen molar-refractivity contribution in [3.8, 4) is 17.1 Å². The van der Waals surface area contributed by atoms with Crippen LogP contribution in [0.1, 0.15) is 30.1 Å². The van der Waals surface area contributed by atoms with Gasteiger partial charge in [-0.25, -0.2) is 9.97 Å². The molecule has 6 heteroatoms. The lowest BCUT2D eigenvalue weighted by molar-refractivity contribution is 0.0963. The number of nitrogens with one attached hydrogen (secondary N) is 1. The molecule has 2 aromatic rings. The van der Waals surface area contributed by atoms with Crippen molar-refractivity contribution in [1.82, 2.24) is 15.3 Å². The summed E-state index contributed by atoms with van der Waals surface area (Å²) in [7, 11) is 1.53. The molecule has 3 N–H and O–H groups in total. The first-order valence-electron chi connectivity index (χ1n) is 7.24. The van der Waals surface area contributed by atoms with Gasteiger partial charge in [-0.05, 0) is 18.6 Å². The van der Waals surface area contributed by atoms with Crippen molar-refractivity contribution in [3.63, 3.8) is 0 Å². The van der Waals surface area contributed by atoms with Crippen molar-refractivity contribution < 1.29 is 9.53 Å². The van der Waals surface area contributed by atoms with Crippen molar-refractivity contribution in [1.29, 1.82) is 0 Å². The fraction of sp³-hybridized carbons (Fsp3) is 0.312. The van der Waals surface area contributed by atoms with E-state index in [2.05, 4.69) is 22.2 Å². The number of nitrogens with zero attached hydrogens (tertiary/aromatic N) is 2. The molecular formula is C16H20N4O2. The summed E-state index contributed by atoms with van der Waals surface area (Å²) in [6.45, 7) is 2.75. The molecule has 22 heavy (non-hydrogen) atoms. The maximum Gasteiger partial charge on any atom is 0.256 e. The lowest BCUT2D eigenvalue weighted by Gasteiger charge is -2.11. The van der Waals surface area contributed by atoms with E-state index in [1.54, 1.807) is 0 Å². The van der Waals surface area contributed by atoms with Gasteiger partial charge in [-0.2, -0.15) is 0 Å². The zero-order valence-corrected chi connectivity index (χ0v) is 12.8. The predicted molar refractivity (Wildman–Crippen MR) is 85.7 cm³/mol. The van der Waals surface area contributed by atoms with E-state index >= 15 is 0 Å². The summed E-state index contributed by atoms with van der Waals surface area (Å²) in [4.78, 5) is 20.1. The predicted octanol–water partition coefficient (Wildman–Crippen LogP) is 2.26. The van der Waals surface area contributed by atoms with Crippen molar-refractivity contribution in [2.24, 2.45) is 0 Å². The van der Waals surface area contributed by atoms with Gasteiger partial charge in [-0.3, -0.25) is 4.79 Å². The molecular weight excluding hydrogens is 280 g/mol. The van der Waals surface area contributed by atoms with Crippen molar-refractivity contribution in [3.05, 3.63) is 36.0 Å². The molecule has 0 unspecified atom stereocenters. The van der Waals surface area contributed by atoms with E-state index < -0.39 is 0 Å². The number of para-hydroxylation sites is 1. The van der Waals surface area contributed by atoms with Gasteiger partial charge in [0.2, 0.25) is 0 Å². The van der Waals surface area contributed by atoms with Crippen LogP contribution >= 0.6 is 0 Å². The summed E-state index contributed by atoms with van der Waals surface area (Å²) in [5, 5.41) is 2.50. The molecule has 0 bridgehead atoms. The lowest BCUT2D eigenvalue weighted by Crippen LogP contribution is -2.20. The summed E-state index contributed by atoms with van der Waals surface area (Å²) < 4.78 is 5.77. The number of nitrogen functional groups attached to an aromatic ring is 1. The Bertz CT molecular complexity index is 658. The largest absolute Gasteiger partial charge is 0.493 e. The number of rotatable bonds is 6. The Hall–Kier alpha value is -2.63. The second-order valence-corrected chi connectivity index (χ2v) is 4.77. The Morgan fingerprint density at radius 3 is 2.82 bits per heavy atom. The molecule has 0 aliphatic carbocycles. The molecule has 0 radical (unpaired) electrons. The van der Waals surface area contributed by atoms with Gasteiger partial charge in [0, 0.05) is 13.2 Å². The molecule has 6 nitrogen and oxygen atoms in total. The van der Waals surface area contributed by atoms with Gasteiger partial charge < -0.3 is 15.8 Å². The normalized spacial score (nSPS) is 10.3. The number of nitrogens with two attached hydrogens (primary N) is 1. The van der Waals surface area contributed by atoms with Crippen LogP contribution < -0.4 is 15.8 Å². The minimum absolute atomic E-state index is 0.146. The highest BCUT2D eigenvalue weighted by Crippen LogP contribution is 2.28. The third kappa shape index (κ3) is 3.52. The Kier molecular flexibility index (Phi) is 5.30. The van der Waals surface area contributed by atoms with Crippen LogP contribution in [0.4, 0.5) is 5.82 Å². The monoisotopic (exact) mass is 300 g/mol. The van der Waals surface area contributed by atoms with Crippen LogP contribution in [0.2, 0.25) is 0 Å². The molecule has 1 amide bonds. The van der Waals surface area contributed by atoms with Gasteiger partial charge in [0.1, 0.15) is 11.6 Å². The highest BCUT2D eigenvalue weighted by molar-refractivity contribution is 5.98. The van der Waals surface area contributed by atoms with Crippen LogP contribution in [0.3, 0.4) is 0 Å². The van der Waals surface area contributed by atoms with Gasteiger partial charge in [-0.1, -0.05) is 25.5 Å². The average Bonchev–Trinajstić information content (AvgIpc) is 2.55. The van der Waals surface area contributed by atoms with Gasteiger partial charge >= 0.3 is 0 Å².